The van der Waals surface area contributed by atoms with Gasteiger partial charge in [0.25, 0.3) is 0 Å². The van der Waals surface area contributed by atoms with Gasteiger partial charge >= 0.3 is 5.97 Å². The summed E-state index contributed by atoms with van der Waals surface area (Å²) in [7, 11) is 0. The van der Waals surface area contributed by atoms with Gasteiger partial charge in [0.2, 0.25) is 5.91 Å². The number of carboxylic acids is 1. The van der Waals surface area contributed by atoms with E-state index in [9.17, 15) is 9.59 Å². The van der Waals surface area contributed by atoms with Gasteiger partial charge in [0.05, 0.1) is 17.4 Å². The Bertz CT molecular complexity index is 516. The van der Waals surface area contributed by atoms with E-state index in [1.807, 2.05) is 27.0 Å². The molecule has 0 heterocycles. The van der Waals surface area contributed by atoms with Crippen molar-refractivity contribution in [3.63, 3.8) is 0 Å². The van der Waals surface area contributed by atoms with Crippen molar-refractivity contribution in [1.29, 1.82) is 0 Å². The molecular formula is C15H21NO4S. The zero-order valence-corrected chi connectivity index (χ0v) is 13.5. The van der Waals surface area contributed by atoms with Crippen LogP contribution in [0.25, 0.3) is 0 Å². The van der Waals surface area contributed by atoms with E-state index >= 15 is 0 Å². The second kappa shape index (κ2) is 7.93. The van der Waals surface area contributed by atoms with Crippen LogP contribution in [0.3, 0.4) is 0 Å². The van der Waals surface area contributed by atoms with E-state index < -0.39 is 5.97 Å². The van der Waals surface area contributed by atoms with Crippen LogP contribution in [0.4, 0.5) is 5.69 Å². The number of nitrogens with one attached hydrogen (secondary N) is 1. The molecular weight excluding hydrogens is 290 g/mol. The number of aromatic carboxylic acids is 1. The standard InChI is InChI=1S/C15H21NO4S/c1-9(2)20-13-6-5-11(15(18)19)8-12(13)16-14(17)7-10(3)21-4/h5-6,8-10H,7H2,1-4H3,(H,16,17)(H,18,19). The molecule has 0 aromatic heterocycles. The Balaban J connectivity index is 2.97. The molecule has 2 N–H and O–H groups in total. The zero-order chi connectivity index (χ0) is 16.0. The molecule has 1 unspecified atom stereocenters. The van der Waals surface area contributed by atoms with Crippen LogP contribution in [0.15, 0.2) is 18.2 Å². The molecule has 0 aliphatic rings. The van der Waals surface area contributed by atoms with E-state index in [0.717, 1.165) is 0 Å². The summed E-state index contributed by atoms with van der Waals surface area (Å²) >= 11 is 1.60. The highest BCUT2D eigenvalue weighted by molar-refractivity contribution is 7.99. The minimum absolute atomic E-state index is 0.0681. The molecule has 5 nitrogen and oxygen atoms in total. The summed E-state index contributed by atoms with van der Waals surface area (Å²) < 4.78 is 5.60. The maximum Gasteiger partial charge on any atom is 0.335 e. The van der Waals surface area contributed by atoms with Crippen molar-refractivity contribution >= 4 is 29.3 Å². The first-order chi connectivity index (χ1) is 9.83. The van der Waals surface area contributed by atoms with Crippen molar-refractivity contribution in [3.8, 4) is 5.75 Å². The first-order valence-corrected chi connectivity index (χ1v) is 7.99. The summed E-state index contributed by atoms with van der Waals surface area (Å²) in [6.45, 7) is 5.70. The fraction of sp³-hybridized carbons (Fsp3) is 0.467. The van der Waals surface area contributed by atoms with Crippen LogP contribution >= 0.6 is 11.8 Å². The molecule has 0 saturated heterocycles. The third-order valence-electron chi connectivity index (χ3n) is 2.74. The van der Waals surface area contributed by atoms with Crippen molar-refractivity contribution in [2.24, 2.45) is 0 Å². The number of benzene rings is 1. The molecule has 1 rings (SSSR count). The van der Waals surface area contributed by atoms with Crippen molar-refractivity contribution < 1.29 is 19.4 Å². The fourth-order valence-electron chi connectivity index (χ4n) is 1.66. The number of carboxylic acid groups (broad SMARTS) is 1. The molecule has 1 aromatic rings. The minimum Gasteiger partial charge on any atom is -0.489 e. The molecule has 1 atom stereocenters. The molecule has 0 radical (unpaired) electrons. The van der Waals surface area contributed by atoms with Gasteiger partial charge in [-0.2, -0.15) is 11.8 Å². The highest BCUT2D eigenvalue weighted by atomic mass is 32.2. The third-order valence-corrected chi connectivity index (χ3v) is 3.71. The van der Waals surface area contributed by atoms with Crippen LogP contribution in [-0.4, -0.2) is 34.6 Å². The van der Waals surface area contributed by atoms with Crippen LogP contribution in [0, 0.1) is 0 Å². The second-order valence-corrected chi connectivity index (χ2v) is 6.26. The number of hydrogen-bond donors (Lipinski definition) is 2. The Morgan fingerprint density at radius 1 is 1.33 bits per heavy atom. The lowest BCUT2D eigenvalue weighted by atomic mass is 10.1. The SMILES string of the molecule is CSC(C)CC(=O)Nc1cc(C(=O)O)ccc1OC(C)C. The molecule has 1 amide bonds. The van der Waals surface area contributed by atoms with E-state index in [1.54, 1.807) is 17.8 Å². The maximum absolute atomic E-state index is 12.0. The van der Waals surface area contributed by atoms with Gasteiger partial charge in [0.1, 0.15) is 5.75 Å². The van der Waals surface area contributed by atoms with E-state index in [2.05, 4.69) is 5.32 Å². The van der Waals surface area contributed by atoms with Crippen LogP contribution in [-0.2, 0) is 4.79 Å². The number of anilines is 1. The average Bonchev–Trinajstić information content (AvgIpc) is 2.39. The monoisotopic (exact) mass is 311 g/mol. The molecule has 0 saturated carbocycles. The molecule has 0 aliphatic heterocycles. The molecule has 1 aromatic carbocycles. The number of thioether (sulfide) groups is 1. The van der Waals surface area contributed by atoms with Crippen LogP contribution in [0.2, 0.25) is 0 Å². The van der Waals surface area contributed by atoms with Gasteiger partial charge in [-0.05, 0) is 38.3 Å². The Kier molecular flexibility index (Phi) is 6.55. The summed E-state index contributed by atoms with van der Waals surface area (Å²) in [5.41, 5.74) is 0.501. The second-order valence-electron chi connectivity index (χ2n) is 4.98. The molecule has 116 valence electrons. The van der Waals surface area contributed by atoms with Gasteiger partial charge in [-0.15, -0.1) is 0 Å². The highest BCUT2D eigenvalue weighted by Crippen LogP contribution is 2.27. The van der Waals surface area contributed by atoms with E-state index in [4.69, 9.17) is 9.84 Å². The average molecular weight is 311 g/mol. The number of carbonyl (C=O) groups excluding carboxylic acids is 1. The van der Waals surface area contributed by atoms with Gasteiger partial charge in [0.15, 0.2) is 0 Å². The molecule has 0 bridgehead atoms. The number of carbonyl (C=O) groups is 2. The Labute approximate surface area is 129 Å². The fourth-order valence-corrected chi connectivity index (χ4v) is 1.98. The lowest BCUT2D eigenvalue weighted by Gasteiger charge is -2.16. The highest BCUT2D eigenvalue weighted by Gasteiger charge is 2.14. The first-order valence-electron chi connectivity index (χ1n) is 6.70. The smallest absolute Gasteiger partial charge is 0.335 e. The van der Waals surface area contributed by atoms with Crippen molar-refractivity contribution in [2.45, 2.75) is 38.5 Å². The number of rotatable bonds is 7. The van der Waals surface area contributed by atoms with Gasteiger partial charge < -0.3 is 15.2 Å². The number of amides is 1. The summed E-state index contributed by atoms with van der Waals surface area (Å²) in [5.74, 6) is -0.729. The molecule has 0 aliphatic carbocycles. The van der Waals surface area contributed by atoms with Crippen molar-refractivity contribution in [2.75, 3.05) is 11.6 Å². The largest absolute Gasteiger partial charge is 0.489 e. The van der Waals surface area contributed by atoms with Crippen molar-refractivity contribution in [1.82, 2.24) is 0 Å². The van der Waals surface area contributed by atoms with Gasteiger partial charge in [-0.3, -0.25) is 4.79 Å². The summed E-state index contributed by atoms with van der Waals surface area (Å²) in [4.78, 5) is 23.0. The third kappa shape index (κ3) is 5.67. The van der Waals surface area contributed by atoms with Crippen LogP contribution in [0.5, 0.6) is 5.75 Å². The molecule has 0 fully saturated rings. The van der Waals surface area contributed by atoms with Crippen molar-refractivity contribution in [3.05, 3.63) is 23.8 Å². The molecule has 0 spiro atoms. The van der Waals surface area contributed by atoms with Gasteiger partial charge in [-0.25, -0.2) is 4.79 Å². The van der Waals surface area contributed by atoms with Crippen LogP contribution in [0.1, 0.15) is 37.6 Å². The van der Waals surface area contributed by atoms with E-state index in [-0.39, 0.29) is 22.8 Å². The summed E-state index contributed by atoms with van der Waals surface area (Å²) in [6.07, 6.45) is 2.23. The quantitative estimate of drug-likeness (QED) is 0.808. The Hall–Kier alpha value is -1.69. The number of ether oxygens (including phenoxy) is 1. The predicted molar refractivity (Wildman–Crippen MR) is 85.4 cm³/mol. The Morgan fingerprint density at radius 3 is 2.52 bits per heavy atom. The lowest BCUT2D eigenvalue weighted by Crippen LogP contribution is -2.18. The zero-order valence-electron chi connectivity index (χ0n) is 12.7. The molecule has 6 heteroatoms. The first kappa shape index (κ1) is 17.4. The summed E-state index contributed by atoms with van der Waals surface area (Å²) in [5, 5.41) is 12.0. The predicted octanol–water partition coefficient (Wildman–Crippen LogP) is 3.25. The van der Waals surface area contributed by atoms with Crippen LogP contribution < -0.4 is 10.1 Å². The van der Waals surface area contributed by atoms with E-state index in [1.165, 1.54) is 12.1 Å². The molecule has 21 heavy (non-hydrogen) atoms. The minimum atomic E-state index is -1.04. The normalized spacial score (nSPS) is 12.0. The van der Waals surface area contributed by atoms with Gasteiger partial charge in [0, 0.05) is 11.7 Å². The Morgan fingerprint density at radius 2 is 2.00 bits per heavy atom. The van der Waals surface area contributed by atoms with E-state index in [0.29, 0.717) is 17.9 Å². The number of hydrogen-bond acceptors (Lipinski definition) is 4. The lowest BCUT2D eigenvalue weighted by molar-refractivity contribution is -0.116. The summed E-state index contributed by atoms with van der Waals surface area (Å²) in [6, 6.07) is 4.44. The topological polar surface area (TPSA) is 75.6 Å². The maximum atomic E-state index is 12.0. The van der Waals surface area contributed by atoms with Gasteiger partial charge in [-0.1, -0.05) is 6.92 Å².